The van der Waals surface area contributed by atoms with Gasteiger partial charge >= 0.3 is 0 Å². The van der Waals surface area contributed by atoms with E-state index in [1.54, 1.807) is 0 Å². The molecule has 25 heavy (non-hydrogen) atoms. The zero-order valence-electron chi connectivity index (χ0n) is 14.1. The van der Waals surface area contributed by atoms with Gasteiger partial charge in [-0.1, -0.05) is 27.5 Å². The van der Waals surface area contributed by atoms with E-state index >= 15 is 0 Å². The van der Waals surface area contributed by atoms with Gasteiger partial charge < -0.3 is 14.4 Å². The number of aromatic nitrogens is 1. The van der Waals surface area contributed by atoms with Crippen molar-refractivity contribution in [3.05, 3.63) is 33.9 Å². The van der Waals surface area contributed by atoms with Gasteiger partial charge in [0, 0.05) is 48.0 Å². The van der Waals surface area contributed by atoms with Crippen molar-refractivity contribution in [2.24, 2.45) is 0 Å². The average molecular weight is 426 g/mol. The number of hydrogen-bond donors (Lipinski definition) is 0. The molecule has 0 radical (unpaired) electrons. The molecule has 2 aromatic rings. The van der Waals surface area contributed by atoms with E-state index in [1.165, 1.54) is 5.69 Å². The van der Waals surface area contributed by atoms with Crippen LogP contribution in [-0.2, 0) is 9.47 Å². The minimum absolute atomic E-state index is 0.364. The SMILES string of the molecule is Clc1cc(Br)cc2c(N3CCC(OC4CCOCC4)CC3)ccnc12. The standard InChI is InChI=1S/C19H22BrClN2O2/c20-13-11-16-18(1-6-22-19(16)17(21)12-13)23-7-2-14(3-8-23)25-15-4-9-24-10-5-15/h1,6,11-12,14-15H,2-5,7-10H2. The van der Waals surface area contributed by atoms with Crippen molar-refractivity contribution in [2.45, 2.75) is 37.9 Å². The van der Waals surface area contributed by atoms with Crippen LogP contribution in [-0.4, -0.2) is 43.5 Å². The Morgan fingerprint density at radius 2 is 1.84 bits per heavy atom. The van der Waals surface area contributed by atoms with E-state index in [1.807, 2.05) is 12.3 Å². The van der Waals surface area contributed by atoms with Crippen LogP contribution in [0.5, 0.6) is 0 Å². The van der Waals surface area contributed by atoms with Crippen molar-refractivity contribution in [3.63, 3.8) is 0 Å². The highest BCUT2D eigenvalue weighted by Crippen LogP contribution is 2.34. The first kappa shape index (κ1) is 17.5. The summed E-state index contributed by atoms with van der Waals surface area (Å²) in [5.74, 6) is 0. The van der Waals surface area contributed by atoms with E-state index in [9.17, 15) is 0 Å². The molecule has 0 atom stereocenters. The fourth-order valence-electron chi connectivity index (χ4n) is 3.76. The highest BCUT2D eigenvalue weighted by Gasteiger charge is 2.25. The third kappa shape index (κ3) is 3.95. The molecule has 4 nitrogen and oxygen atoms in total. The maximum absolute atomic E-state index is 6.36. The van der Waals surface area contributed by atoms with E-state index < -0.39 is 0 Å². The monoisotopic (exact) mass is 424 g/mol. The number of ether oxygens (including phenoxy) is 2. The van der Waals surface area contributed by atoms with Crippen molar-refractivity contribution in [1.29, 1.82) is 0 Å². The van der Waals surface area contributed by atoms with E-state index in [0.29, 0.717) is 17.2 Å². The van der Waals surface area contributed by atoms with Crippen LogP contribution < -0.4 is 4.90 Å². The molecule has 2 aliphatic rings. The van der Waals surface area contributed by atoms with Crippen molar-refractivity contribution in [1.82, 2.24) is 4.98 Å². The minimum Gasteiger partial charge on any atom is -0.381 e. The summed E-state index contributed by atoms with van der Waals surface area (Å²) in [6, 6.07) is 6.09. The third-order valence-corrected chi connectivity index (χ3v) is 5.82. The first-order valence-electron chi connectivity index (χ1n) is 8.92. The number of pyridine rings is 1. The van der Waals surface area contributed by atoms with Gasteiger partial charge in [-0.2, -0.15) is 0 Å². The van der Waals surface area contributed by atoms with Crippen LogP contribution in [0.2, 0.25) is 5.02 Å². The molecule has 3 heterocycles. The molecule has 2 fully saturated rings. The van der Waals surface area contributed by atoms with Gasteiger partial charge in [-0.25, -0.2) is 0 Å². The summed E-state index contributed by atoms with van der Waals surface area (Å²) in [7, 11) is 0. The van der Waals surface area contributed by atoms with Gasteiger partial charge in [-0.05, 0) is 43.9 Å². The fraction of sp³-hybridized carbons (Fsp3) is 0.526. The summed E-state index contributed by atoms with van der Waals surface area (Å²) >= 11 is 9.91. The summed E-state index contributed by atoms with van der Waals surface area (Å²) in [4.78, 5) is 6.88. The fourth-order valence-corrected chi connectivity index (χ4v) is 4.62. The lowest BCUT2D eigenvalue weighted by Gasteiger charge is -2.36. The van der Waals surface area contributed by atoms with E-state index in [0.717, 1.165) is 67.4 Å². The number of fused-ring (bicyclic) bond motifs is 1. The molecule has 2 saturated heterocycles. The van der Waals surface area contributed by atoms with E-state index in [-0.39, 0.29) is 0 Å². The molecule has 0 saturated carbocycles. The number of rotatable bonds is 3. The van der Waals surface area contributed by atoms with Gasteiger partial charge in [0.05, 0.1) is 22.7 Å². The van der Waals surface area contributed by atoms with Crippen LogP contribution in [0.1, 0.15) is 25.7 Å². The van der Waals surface area contributed by atoms with Crippen molar-refractivity contribution >= 4 is 44.1 Å². The Morgan fingerprint density at radius 1 is 1.12 bits per heavy atom. The zero-order chi connectivity index (χ0) is 17.2. The molecule has 0 aliphatic carbocycles. The molecule has 2 aliphatic heterocycles. The summed E-state index contributed by atoms with van der Waals surface area (Å²) in [5.41, 5.74) is 2.07. The van der Waals surface area contributed by atoms with Crippen LogP contribution in [0.3, 0.4) is 0 Å². The predicted molar refractivity (Wildman–Crippen MR) is 105 cm³/mol. The average Bonchev–Trinajstić information content (AvgIpc) is 2.63. The predicted octanol–water partition coefficient (Wildman–Crippen LogP) is 4.82. The van der Waals surface area contributed by atoms with Crippen LogP contribution in [0.4, 0.5) is 5.69 Å². The van der Waals surface area contributed by atoms with Gasteiger partial charge in [-0.15, -0.1) is 0 Å². The summed E-state index contributed by atoms with van der Waals surface area (Å²) in [6.07, 6.45) is 6.77. The molecule has 6 heteroatoms. The minimum atomic E-state index is 0.364. The topological polar surface area (TPSA) is 34.6 Å². The first-order valence-corrected chi connectivity index (χ1v) is 10.1. The Morgan fingerprint density at radius 3 is 2.60 bits per heavy atom. The molecule has 0 unspecified atom stereocenters. The third-order valence-electron chi connectivity index (χ3n) is 5.08. The Kier molecular flexibility index (Phi) is 5.46. The molecule has 4 rings (SSSR count). The second-order valence-electron chi connectivity index (χ2n) is 6.75. The van der Waals surface area contributed by atoms with E-state index in [4.69, 9.17) is 21.1 Å². The smallest absolute Gasteiger partial charge is 0.0909 e. The van der Waals surface area contributed by atoms with Crippen LogP contribution in [0.15, 0.2) is 28.9 Å². The maximum Gasteiger partial charge on any atom is 0.0909 e. The Hall–Kier alpha value is -0.880. The molecule has 0 spiro atoms. The molecule has 1 aromatic heterocycles. The molecule has 0 bridgehead atoms. The molecule has 1 aromatic carbocycles. The van der Waals surface area contributed by atoms with E-state index in [2.05, 4.69) is 37.9 Å². The number of benzene rings is 1. The van der Waals surface area contributed by atoms with Gasteiger partial charge in [-0.3, -0.25) is 4.98 Å². The quantitative estimate of drug-likeness (QED) is 0.706. The number of halogens is 2. The maximum atomic E-state index is 6.36. The number of hydrogen-bond acceptors (Lipinski definition) is 4. The summed E-state index contributed by atoms with van der Waals surface area (Å²) < 4.78 is 12.7. The lowest BCUT2D eigenvalue weighted by Crippen LogP contribution is -2.39. The van der Waals surface area contributed by atoms with Gasteiger partial charge in [0.15, 0.2) is 0 Å². The normalized spacial score (nSPS) is 20.3. The Balaban J connectivity index is 1.46. The van der Waals surface area contributed by atoms with Gasteiger partial charge in [0.1, 0.15) is 0 Å². The number of nitrogens with zero attached hydrogens (tertiary/aromatic N) is 2. The second-order valence-corrected chi connectivity index (χ2v) is 8.07. The molecular weight excluding hydrogens is 404 g/mol. The molecule has 134 valence electrons. The summed E-state index contributed by atoms with van der Waals surface area (Å²) in [5, 5.41) is 1.79. The van der Waals surface area contributed by atoms with Crippen LogP contribution in [0, 0.1) is 0 Å². The highest BCUT2D eigenvalue weighted by molar-refractivity contribution is 9.10. The number of piperidine rings is 1. The largest absolute Gasteiger partial charge is 0.381 e. The van der Waals surface area contributed by atoms with Crippen LogP contribution in [0.25, 0.3) is 10.9 Å². The van der Waals surface area contributed by atoms with Crippen molar-refractivity contribution in [2.75, 3.05) is 31.2 Å². The lowest BCUT2D eigenvalue weighted by atomic mass is 10.0. The van der Waals surface area contributed by atoms with Crippen molar-refractivity contribution in [3.8, 4) is 0 Å². The van der Waals surface area contributed by atoms with Gasteiger partial charge in [0.25, 0.3) is 0 Å². The zero-order valence-corrected chi connectivity index (χ0v) is 16.4. The number of anilines is 1. The molecule has 0 amide bonds. The molecule has 0 N–H and O–H groups in total. The first-order chi connectivity index (χ1) is 12.2. The Bertz CT molecular complexity index is 744. The summed E-state index contributed by atoms with van der Waals surface area (Å²) in [6.45, 7) is 3.67. The van der Waals surface area contributed by atoms with Crippen molar-refractivity contribution < 1.29 is 9.47 Å². The Labute approximate surface area is 161 Å². The lowest BCUT2D eigenvalue weighted by molar-refractivity contribution is -0.0743. The molecular formula is C19H22BrClN2O2. The highest BCUT2D eigenvalue weighted by atomic mass is 79.9. The second kappa shape index (κ2) is 7.78. The van der Waals surface area contributed by atoms with Crippen LogP contribution >= 0.6 is 27.5 Å². The van der Waals surface area contributed by atoms with Gasteiger partial charge in [0.2, 0.25) is 0 Å².